The summed E-state index contributed by atoms with van der Waals surface area (Å²) in [5.41, 5.74) is 1.72. The molecule has 1 heterocycles. The van der Waals surface area contributed by atoms with Gasteiger partial charge in [-0.05, 0) is 42.9 Å². The number of piperidine rings is 1. The highest BCUT2D eigenvalue weighted by Gasteiger charge is 2.22. The SMILES string of the molecule is CC(C)C1CCN(c2cc(Cl)ccc2C=O)CC1. The van der Waals surface area contributed by atoms with Crippen molar-refractivity contribution in [2.24, 2.45) is 11.8 Å². The quantitative estimate of drug-likeness (QED) is 0.769. The molecule has 0 N–H and O–H groups in total. The molecule has 0 saturated carbocycles. The molecule has 2 nitrogen and oxygen atoms in total. The van der Waals surface area contributed by atoms with Crippen LogP contribution in [0, 0.1) is 11.8 Å². The first-order valence-electron chi connectivity index (χ1n) is 6.61. The molecule has 98 valence electrons. The van der Waals surface area contributed by atoms with Crippen LogP contribution in [0.2, 0.25) is 5.02 Å². The lowest BCUT2D eigenvalue weighted by Crippen LogP contribution is -2.35. The monoisotopic (exact) mass is 265 g/mol. The molecule has 1 aliphatic heterocycles. The van der Waals surface area contributed by atoms with Crippen LogP contribution < -0.4 is 4.90 Å². The van der Waals surface area contributed by atoms with E-state index in [0.717, 1.165) is 42.5 Å². The second kappa shape index (κ2) is 5.75. The summed E-state index contributed by atoms with van der Waals surface area (Å²) in [5, 5.41) is 0.696. The third kappa shape index (κ3) is 2.86. The molecule has 1 aliphatic rings. The van der Waals surface area contributed by atoms with E-state index in [1.807, 2.05) is 6.07 Å². The Kier molecular flexibility index (Phi) is 4.28. The number of carbonyl (C=O) groups excluding carboxylic acids is 1. The maximum atomic E-state index is 11.1. The first-order chi connectivity index (χ1) is 8.61. The molecular formula is C15H20ClNO. The molecule has 3 heteroatoms. The molecule has 0 radical (unpaired) electrons. The number of hydrogen-bond donors (Lipinski definition) is 0. The van der Waals surface area contributed by atoms with Gasteiger partial charge in [-0.15, -0.1) is 0 Å². The Morgan fingerprint density at radius 3 is 2.56 bits per heavy atom. The molecule has 0 spiro atoms. The lowest BCUT2D eigenvalue weighted by atomic mass is 9.86. The summed E-state index contributed by atoms with van der Waals surface area (Å²) in [6.07, 6.45) is 3.31. The Morgan fingerprint density at radius 2 is 2.00 bits per heavy atom. The Morgan fingerprint density at radius 1 is 1.33 bits per heavy atom. The first kappa shape index (κ1) is 13.4. The fourth-order valence-electron chi connectivity index (χ4n) is 2.70. The number of benzene rings is 1. The number of anilines is 1. The van der Waals surface area contributed by atoms with Crippen LogP contribution in [-0.2, 0) is 0 Å². The molecule has 0 unspecified atom stereocenters. The molecular weight excluding hydrogens is 246 g/mol. The zero-order valence-corrected chi connectivity index (χ0v) is 11.8. The van der Waals surface area contributed by atoms with Crippen molar-refractivity contribution in [2.75, 3.05) is 18.0 Å². The molecule has 0 aliphatic carbocycles. The second-order valence-electron chi connectivity index (χ2n) is 5.39. The van der Waals surface area contributed by atoms with Gasteiger partial charge in [0.25, 0.3) is 0 Å². The van der Waals surface area contributed by atoms with Crippen LogP contribution in [0.5, 0.6) is 0 Å². The molecule has 1 aromatic carbocycles. The van der Waals surface area contributed by atoms with E-state index in [1.54, 1.807) is 12.1 Å². The normalized spacial score (nSPS) is 17.2. The van der Waals surface area contributed by atoms with Gasteiger partial charge >= 0.3 is 0 Å². The molecule has 1 fully saturated rings. The minimum absolute atomic E-state index is 0.696. The molecule has 2 rings (SSSR count). The van der Waals surface area contributed by atoms with Gasteiger partial charge < -0.3 is 4.90 Å². The van der Waals surface area contributed by atoms with E-state index in [-0.39, 0.29) is 0 Å². The van der Waals surface area contributed by atoms with Crippen molar-refractivity contribution in [2.45, 2.75) is 26.7 Å². The molecule has 1 saturated heterocycles. The summed E-state index contributed by atoms with van der Waals surface area (Å²) in [6.45, 7) is 6.61. The summed E-state index contributed by atoms with van der Waals surface area (Å²) >= 11 is 6.03. The fraction of sp³-hybridized carbons (Fsp3) is 0.533. The molecule has 0 bridgehead atoms. The number of nitrogens with zero attached hydrogens (tertiary/aromatic N) is 1. The van der Waals surface area contributed by atoms with E-state index in [9.17, 15) is 4.79 Å². The van der Waals surface area contributed by atoms with Crippen molar-refractivity contribution in [3.8, 4) is 0 Å². The lowest BCUT2D eigenvalue weighted by Gasteiger charge is -2.36. The number of hydrogen-bond acceptors (Lipinski definition) is 2. The van der Waals surface area contributed by atoms with E-state index in [2.05, 4.69) is 18.7 Å². The topological polar surface area (TPSA) is 20.3 Å². The van der Waals surface area contributed by atoms with E-state index in [4.69, 9.17) is 11.6 Å². The van der Waals surface area contributed by atoms with Gasteiger partial charge in [0.1, 0.15) is 0 Å². The predicted molar refractivity (Wildman–Crippen MR) is 76.6 cm³/mol. The van der Waals surface area contributed by atoms with Crippen LogP contribution in [0.15, 0.2) is 18.2 Å². The van der Waals surface area contributed by atoms with E-state index in [1.165, 1.54) is 12.8 Å². The first-order valence-corrected chi connectivity index (χ1v) is 6.99. The van der Waals surface area contributed by atoms with Crippen molar-refractivity contribution < 1.29 is 4.79 Å². The van der Waals surface area contributed by atoms with Crippen LogP contribution in [0.1, 0.15) is 37.0 Å². The molecule has 0 atom stereocenters. The maximum absolute atomic E-state index is 11.1. The highest BCUT2D eigenvalue weighted by molar-refractivity contribution is 6.31. The van der Waals surface area contributed by atoms with Gasteiger partial charge in [-0.1, -0.05) is 25.4 Å². The largest absolute Gasteiger partial charge is 0.371 e. The Balaban J connectivity index is 2.14. The van der Waals surface area contributed by atoms with Crippen molar-refractivity contribution in [1.29, 1.82) is 0 Å². The third-order valence-corrected chi connectivity index (χ3v) is 4.18. The van der Waals surface area contributed by atoms with Crippen LogP contribution in [0.3, 0.4) is 0 Å². The summed E-state index contributed by atoms with van der Waals surface area (Å²) in [7, 11) is 0. The van der Waals surface area contributed by atoms with Crippen LogP contribution in [0.4, 0.5) is 5.69 Å². The average molecular weight is 266 g/mol. The van der Waals surface area contributed by atoms with Gasteiger partial charge in [0.15, 0.2) is 6.29 Å². The molecule has 0 aromatic heterocycles. The molecule has 18 heavy (non-hydrogen) atoms. The van der Waals surface area contributed by atoms with Gasteiger partial charge in [0, 0.05) is 29.4 Å². The Bertz CT molecular complexity index is 423. The minimum Gasteiger partial charge on any atom is -0.371 e. The van der Waals surface area contributed by atoms with E-state index >= 15 is 0 Å². The lowest BCUT2D eigenvalue weighted by molar-refractivity contribution is 0.112. The Labute approximate surface area is 114 Å². The number of halogens is 1. The van der Waals surface area contributed by atoms with Crippen molar-refractivity contribution in [3.63, 3.8) is 0 Å². The van der Waals surface area contributed by atoms with Crippen molar-refractivity contribution in [1.82, 2.24) is 0 Å². The van der Waals surface area contributed by atoms with Gasteiger partial charge in [0.2, 0.25) is 0 Å². The summed E-state index contributed by atoms with van der Waals surface area (Å²) in [5.74, 6) is 1.55. The van der Waals surface area contributed by atoms with Crippen molar-refractivity contribution in [3.05, 3.63) is 28.8 Å². The van der Waals surface area contributed by atoms with Gasteiger partial charge in [-0.25, -0.2) is 0 Å². The maximum Gasteiger partial charge on any atom is 0.152 e. The van der Waals surface area contributed by atoms with Crippen LogP contribution in [-0.4, -0.2) is 19.4 Å². The summed E-state index contributed by atoms with van der Waals surface area (Å²) < 4.78 is 0. The summed E-state index contributed by atoms with van der Waals surface area (Å²) in [6, 6.07) is 5.48. The highest BCUT2D eigenvalue weighted by Crippen LogP contribution is 2.30. The van der Waals surface area contributed by atoms with Crippen molar-refractivity contribution >= 4 is 23.6 Å². The van der Waals surface area contributed by atoms with E-state index < -0.39 is 0 Å². The Hall–Kier alpha value is -1.02. The zero-order chi connectivity index (χ0) is 13.1. The predicted octanol–water partition coefficient (Wildman–Crippen LogP) is 4.02. The van der Waals surface area contributed by atoms with Crippen LogP contribution in [0.25, 0.3) is 0 Å². The number of rotatable bonds is 3. The highest BCUT2D eigenvalue weighted by atomic mass is 35.5. The van der Waals surface area contributed by atoms with Gasteiger partial charge in [-0.2, -0.15) is 0 Å². The third-order valence-electron chi connectivity index (χ3n) is 3.94. The fourth-order valence-corrected chi connectivity index (χ4v) is 2.86. The summed E-state index contributed by atoms with van der Waals surface area (Å²) in [4.78, 5) is 13.4. The molecule has 1 aromatic rings. The number of carbonyl (C=O) groups is 1. The van der Waals surface area contributed by atoms with Gasteiger partial charge in [0.05, 0.1) is 0 Å². The second-order valence-corrected chi connectivity index (χ2v) is 5.83. The van der Waals surface area contributed by atoms with E-state index in [0.29, 0.717) is 5.02 Å². The average Bonchev–Trinajstić information content (AvgIpc) is 2.39. The van der Waals surface area contributed by atoms with Crippen LogP contribution >= 0.6 is 11.6 Å². The molecule has 0 amide bonds. The smallest absolute Gasteiger partial charge is 0.152 e. The standard InChI is InChI=1S/C15H20ClNO/c1-11(2)12-5-7-17(8-6-12)15-9-14(16)4-3-13(15)10-18/h3-4,9-12H,5-8H2,1-2H3. The minimum atomic E-state index is 0.696. The van der Waals surface area contributed by atoms with Gasteiger partial charge in [-0.3, -0.25) is 4.79 Å². The number of aldehydes is 1. The zero-order valence-electron chi connectivity index (χ0n) is 11.0.